The van der Waals surface area contributed by atoms with Crippen LogP contribution in [0.15, 0.2) is 17.3 Å². The van der Waals surface area contributed by atoms with Gasteiger partial charge in [0.2, 0.25) is 11.0 Å². The number of carbonyl (C=O) groups excluding carboxylic acids is 2. The summed E-state index contributed by atoms with van der Waals surface area (Å²) in [4.78, 5) is 28.7. The maximum Gasteiger partial charge on any atom is 0.287 e. The van der Waals surface area contributed by atoms with Gasteiger partial charge in [0.1, 0.15) is 0 Å². The zero-order chi connectivity index (χ0) is 19.3. The third kappa shape index (κ3) is 4.77. The molecule has 0 spiro atoms. The summed E-state index contributed by atoms with van der Waals surface area (Å²) in [6.45, 7) is 4.70. The molecule has 0 aromatic rings. The van der Waals surface area contributed by atoms with E-state index in [-0.39, 0.29) is 25.3 Å². The van der Waals surface area contributed by atoms with Crippen LogP contribution in [0.4, 0.5) is 0 Å². The molecule has 9 heteroatoms. The Morgan fingerprint density at radius 2 is 2.19 bits per heavy atom. The molecule has 2 atom stereocenters. The number of allylic oxidation sites excluding steroid dienone is 1. The van der Waals surface area contributed by atoms with Gasteiger partial charge in [0.15, 0.2) is 5.78 Å². The number of nitrogens with zero attached hydrogens (tertiary/aromatic N) is 2. The van der Waals surface area contributed by atoms with Crippen molar-refractivity contribution in [1.82, 2.24) is 9.62 Å². The Hall–Kier alpha value is -1.58. The minimum Gasteiger partial charge on any atom is -0.390 e. The number of rotatable bonds is 4. The first kappa shape index (κ1) is 20.7. The zero-order valence-corrected chi connectivity index (χ0v) is 16.0. The molecule has 0 aromatic carbocycles. The van der Waals surface area contributed by atoms with Crippen molar-refractivity contribution in [2.45, 2.75) is 58.1 Å². The van der Waals surface area contributed by atoms with Crippen molar-refractivity contribution in [3.8, 4) is 0 Å². The highest BCUT2D eigenvalue weighted by molar-refractivity contribution is 8.06. The Balaban J connectivity index is 2.41. The number of hydrogen-bond acceptors (Lipinski definition) is 7. The summed E-state index contributed by atoms with van der Waals surface area (Å²) in [5, 5.41) is 12.8. The van der Waals surface area contributed by atoms with E-state index in [4.69, 9.17) is 0 Å². The second-order valence-electron chi connectivity index (χ2n) is 7.05. The maximum atomic E-state index is 13.1. The summed E-state index contributed by atoms with van der Waals surface area (Å²) in [6.07, 6.45) is 3.12. The molecule has 1 amide bonds. The third-order valence-electron chi connectivity index (χ3n) is 4.48. The first-order valence-corrected chi connectivity index (χ1v) is 10.4. The van der Waals surface area contributed by atoms with E-state index in [9.17, 15) is 23.1 Å². The summed E-state index contributed by atoms with van der Waals surface area (Å²) in [7, 11) is -4.42. The van der Waals surface area contributed by atoms with E-state index in [0.29, 0.717) is 25.8 Å². The lowest BCUT2D eigenvalue weighted by Gasteiger charge is -2.33. The van der Waals surface area contributed by atoms with Gasteiger partial charge in [0.05, 0.1) is 12.1 Å². The molecule has 0 radical (unpaired) electrons. The first-order chi connectivity index (χ1) is 12.2. The van der Waals surface area contributed by atoms with Crippen molar-refractivity contribution in [3.63, 3.8) is 0 Å². The highest BCUT2D eigenvalue weighted by atomic mass is 32.2. The fraction of sp³-hybridized carbons (Fsp3) is 0.706. The number of aliphatic imine (C=N–C) groups is 1. The molecule has 0 saturated carbocycles. The number of hydrogen-bond donors (Lipinski definition) is 2. The molecule has 26 heavy (non-hydrogen) atoms. The predicted octanol–water partition coefficient (Wildman–Crippen LogP) is 0.579. The molecular weight excluding hydrogens is 358 g/mol. The van der Waals surface area contributed by atoms with Crippen LogP contribution in [0.1, 0.15) is 46.0 Å². The highest BCUT2D eigenvalue weighted by Gasteiger charge is 2.43. The van der Waals surface area contributed by atoms with Crippen molar-refractivity contribution in [3.05, 3.63) is 12.3 Å². The van der Waals surface area contributed by atoms with Gasteiger partial charge in [-0.3, -0.25) is 9.59 Å². The van der Waals surface area contributed by atoms with Gasteiger partial charge in [-0.1, -0.05) is 19.9 Å². The molecule has 1 fully saturated rings. The van der Waals surface area contributed by atoms with Crippen molar-refractivity contribution < 1.29 is 23.1 Å². The Morgan fingerprint density at radius 1 is 1.46 bits per heavy atom. The maximum absolute atomic E-state index is 13.1. The van der Waals surface area contributed by atoms with Crippen LogP contribution in [0, 0.1) is 5.92 Å². The highest BCUT2D eigenvalue weighted by Crippen LogP contribution is 2.23. The van der Waals surface area contributed by atoms with E-state index in [2.05, 4.69) is 10.3 Å². The molecule has 0 aliphatic carbocycles. The second-order valence-corrected chi connectivity index (χ2v) is 8.78. The molecule has 1 unspecified atom stereocenters. The van der Waals surface area contributed by atoms with Gasteiger partial charge < -0.3 is 10.4 Å². The first-order valence-electron chi connectivity index (χ1n) is 8.97. The lowest BCUT2D eigenvalue weighted by atomic mass is 10.0. The number of amides is 1. The molecule has 1 saturated heterocycles. The predicted molar refractivity (Wildman–Crippen MR) is 97.9 cm³/mol. The Kier molecular flexibility index (Phi) is 7.08. The molecule has 0 aromatic heterocycles. The number of β-amino-alcohol motifs (C(OH)–C–C–N with tert-alkyl or cyclic N) is 1. The van der Waals surface area contributed by atoms with Gasteiger partial charge in [-0.05, 0) is 31.7 Å². The average Bonchev–Trinajstić information content (AvgIpc) is 2.78. The quantitative estimate of drug-likeness (QED) is 0.731. The smallest absolute Gasteiger partial charge is 0.287 e. The number of sulfonamides is 1. The van der Waals surface area contributed by atoms with Crippen LogP contribution in [-0.4, -0.2) is 59.8 Å². The van der Waals surface area contributed by atoms with E-state index in [1.165, 1.54) is 12.3 Å². The Morgan fingerprint density at radius 3 is 2.85 bits per heavy atom. The standard InChI is InChI=1S/C17H27N3O5S/c1-12(2)7-8-16(23)20(13-5-3-9-18-11-15(13)22)26(24,25)17-14(21)6-4-10-19-17/h4,10,12-13,15,18,22H,3,5-9,11H2,1-2H3/t13?,15-/m0/s1. The Bertz CT molecular complexity index is 699. The average molecular weight is 385 g/mol. The summed E-state index contributed by atoms with van der Waals surface area (Å²) in [5.41, 5.74) is 0. The van der Waals surface area contributed by atoms with Crippen LogP contribution in [0.5, 0.6) is 0 Å². The van der Waals surface area contributed by atoms with Gasteiger partial charge in [0, 0.05) is 25.6 Å². The molecular formula is C17H27N3O5S. The molecule has 146 valence electrons. The van der Waals surface area contributed by atoms with Crippen molar-refractivity contribution in [2.75, 3.05) is 13.1 Å². The lowest BCUT2D eigenvalue weighted by Crippen LogP contribution is -2.54. The van der Waals surface area contributed by atoms with Crippen LogP contribution in [0.2, 0.25) is 0 Å². The molecule has 8 nitrogen and oxygen atoms in total. The number of carbonyl (C=O) groups is 2. The number of Topliss-reactive ketones (excluding diaryl/α,β-unsaturated/α-hetero) is 1. The van der Waals surface area contributed by atoms with Crippen molar-refractivity contribution in [1.29, 1.82) is 0 Å². The largest absolute Gasteiger partial charge is 0.390 e. The van der Waals surface area contributed by atoms with E-state index >= 15 is 0 Å². The number of aliphatic hydroxyl groups is 1. The van der Waals surface area contributed by atoms with E-state index < -0.39 is 38.9 Å². The summed E-state index contributed by atoms with van der Waals surface area (Å²) >= 11 is 0. The summed E-state index contributed by atoms with van der Waals surface area (Å²) in [6, 6.07) is -0.906. The Labute approximate surface area is 154 Å². The second kappa shape index (κ2) is 8.88. The number of aliphatic hydroxyl groups excluding tert-OH is 1. The van der Waals surface area contributed by atoms with Gasteiger partial charge >= 0.3 is 0 Å². The number of ketones is 1. The van der Waals surface area contributed by atoms with Gasteiger partial charge in [-0.25, -0.2) is 9.30 Å². The fourth-order valence-electron chi connectivity index (χ4n) is 3.05. The topological polar surface area (TPSA) is 116 Å². The fourth-order valence-corrected chi connectivity index (χ4v) is 4.76. The van der Waals surface area contributed by atoms with Crippen LogP contribution in [0.3, 0.4) is 0 Å². The molecule has 2 N–H and O–H groups in total. The third-order valence-corrected chi connectivity index (χ3v) is 6.29. The normalized spacial score (nSPS) is 24.3. The van der Waals surface area contributed by atoms with E-state index in [1.807, 2.05) is 13.8 Å². The zero-order valence-electron chi connectivity index (χ0n) is 15.2. The van der Waals surface area contributed by atoms with Crippen molar-refractivity contribution >= 4 is 26.8 Å². The van der Waals surface area contributed by atoms with Crippen LogP contribution < -0.4 is 5.32 Å². The monoisotopic (exact) mass is 385 g/mol. The van der Waals surface area contributed by atoms with Gasteiger partial charge in [0.25, 0.3) is 10.0 Å². The van der Waals surface area contributed by atoms with E-state index in [1.54, 1.807) is 0 Å². The summed E-state index contributed by atoms with van der Waals surface area (Å²) < 4.78 is 27.0. The lowest BCUT2D eigenvalue weighted by molar-refractivity contribution is -0.129. The van der Waals surface area contributed by atoms with Gasteiger partial charge in [-0.2, -0.15) is 8.42 Å². The summed E-state index contributed by atoms with van der Waals surface area (Å²) in [5.74, 6) is -1.02. The minimum absolute atomic E-state index is 0.0326. The van der Waals surface area contributed by atoms with Gasteiger partial charge in [-0.15, -0.1) is 0 Å². The molecule has 2 aliphatic heterocycles. The minimum atomic E-state index is -4.42. The molecule has 2 rings (SSSR count). The van der Waals surface area contributed by atoms with Crippen molar-refractivity contribution in [2.24, 2.45) is 10.9 Å². The number of nitrogens with one attached hydrogen (secondary N) is 1. The van der Waals surface area contributed by atoms with Crippen LogP contribution >= 0.6 is 0 Å². The molecule has 0 bridgehead atoms. The molecule has 2 aliphatic rings. The SMILES string of the molecule is CC(C)CCC(=O)N(C1CCCNC[C@@H]1O)S(=O)(=O)C1=NC=CCC1=O. The molecule has 2 heterocycles. The van der Waals surface area contributed by atoms with E-state index in [0.717, 1.165) is 4.31 Å². The van der Waals surface area contributed by atoms with Crippen LogP contribution in [0.25, 0.3) is 0 Å². The van der Waals surface area contributed by atoms with Crippen LogP contribution in [-0.2, 0) is 19.6 Å².